The van der Waals surface area contributed by atoms with E-state index in [4.69, 9.17) is 9.57 Å². The minimum atomic E-state index is -1.03. The van der Waals surface area contributed by atoms with Gasteiger partial charge in [0, 0.05) is 5.56 Å². The molecule has 0 aromatic heterocycles. The Morgan fingerprint density at radius 3 is 2.48 bits per heavy atom. The van der Waals surface area contributed by atoms with Crippen LogP contribution < -0.4 is 4.90 Å². The Labute approximate surface area is 155 Å². The number of hydrogen-bond acceptors (Lipinski definition) is 6. The first kappa shape index (κ1) is 17.0. The van der Waals surface area contributed by atoms with Gasteiger partial charge in [-0.2, -0.15) is 0 Å². The molecular formula is C20H16N2O5. The molecule has 27 heavy (non-hydrogen) atoms. The lowest BCUT2D eigenvalue weighted by Gasteiger charge is -2.18. The molecule has 2 heterocycles. The van der Waals surface area contributed by atoms with Gasteiger partial charge in [-0.25, -0.2) is 9.69 Å². The third kappa shape index (κ3) is 2.59. The van der Waals surface area contributed by atoms with E-state index in [1.54, 1.807) is 12.1 Å². The molecule has 2 aromatic rings. The molecule has 0 saturated carbocycles. The van der Waals surface area contributed by atoms with Crippen LogP contribution >= 0.6 is 0 Å². The molecule has 0 radical (unpaired) electrons. The van der Waals surface area contributed by atoms with Crippen LogP contribution in [0.2, 0.25) is 0 Å². The average molecular weight is 364 g/mol. The largest absolute Gasteiger partial charge is 0.465 e. The first-order valence-electron chi connectivity index (χ1n) is 8.39. The Morgan fingerprint density at radius 2 is 1.78 bits per heavy atom. The summed E-state index contributed by atoms with van der Waals surface area (Å²) in [5.74, 6) is -2.49. The summed E-state index contributed by atoms with van der Waals surface area (Å²) in [5.41, 5.74) is 2.52. The van der Waals surface area contributed by atoms with Gasteiger partial charge in [0.1, 0.15) is 11.6 Å². The highest BCUT2D eigenvalue weighted by molar-refractivity contribution is 6.33. The molecule has 2 aliphatic heterocycles. The number of ether oxygens (including phenoxy) is 1. The molecule has 136 valence electrons. The second kappa shape index (κ2) is 6.35. The van der Waals surface area contributed by atoms with E-state index in [2.05, 4.69) is 5.16 Å². The summed E-state index contributed by atoms with van der Waals surface area (Å²) in [6.07, 6.45) is -1.03. The highest BCUT2D eigenvalue weighted by Crippen LogP contribution is 2.36. The van der Waals surface area contributed by atoms with Crippen LogP contribution in [-0.2, 0) is 19.2 Å². The van der Waals surface area contributed by atoms with Crippen molar-refractivity contribution < 1.29 is 24.0 Å². The maximum Gasteiger partial charge on any atom is 0.339 e. The number of methoxy groups -OCH3 is 1. The van der Waals surface area contributed by atoms with Crippen molar-refractivity contribution in [3.05, 3.63) is 65.2 Å². The molecule has 0 bridgehead atoms. The molecule has 4 rings (SSSR count). The third-order valence-corrected chi connectivity index (χ3v) is 4.71. The highest BCUT2D eigenvalue weighted by atomic mass is 16.6. The van der Waals surface area contributed by atoms with Crippen molar-refractivity contribution in [2.24, 2.45) is 11.1 Å². The van der Waals surface area contributed by atoms with E-state index in [0.717, 1.165) is 16.0 Å². The lowest BCUT2D eigenvalue weighted by atomic mass is 9.93. The fraction of sp³-hybridized carbons (Fsp3) is 0.200. The van der Waals surface area contributed by atoms with Crippen molar-refractivity contribution in [2.45, 2.75) is 13.0 Å². The van der Waals surface area contributed by atoms with Gasteiger partial charge >= 0.3 is 5.97 Å². The van der Waals surface area contributed by atoms with Gasteiger partial charge in [-0.15, -0.1) is 0 Å². The van der Waals surface area contributed by atoms with E-state index in [1.165, 1.54) is 19.2 Å². The molecule has 1 saturated heterocycles. The van der Waals surface area contributed by atoms with Crippen LogP contribution in [0.15, 0.2) is 53.7 Å². The number of amides is 2. The van der Waals surface area contributed by atoms with Gasteiger partial charge in [-0.3, -0.25) is 9.59 Å². The van der Waals surface area contributed by atoms with Crippen molar-refractivity contribution in [2.75, 3.05) is 12.0 Å². The number of aryl methyl sites for hydroxylation is 1. The molecule has 1 fully saturated rings. The van der Waals surface area contributed by atoms with Crippen LogP contribution in [0.3, 0.4) is 0 Å². The number of carbonyl (C=O) groups is 3. The van der Waals surface area contributed by atoms with Crippen LogP contribution in [0, 0.1) is 12.8 Å². The Hall–Kier alpha value is -3.48. The predicted molar refractivity (Wildman–Crippen MR) is 96.4 cm³/mol. The van der Waals surface area contributed by atoms with Crippen LogP contribution in [-0.4, -0.2) is 36.7 Å². The molecule has 0 spiro atoms. The Kier molecular flexibility index (Phi) is 3.99. The van der Waals surface area contributed by atoms with Crippen LogP contribution in [0.25, 0.3) is 0 Å². The van der Waals surface area contributed by atoms with Gasteiger partial charge in [-0.05, 0) is 19.1 Å². The fourth-order valence-corrected chi connectivity index (χ4v) is 3.33. The molecule has 0 aliphatic carbocycles. The van der Waals surface area contributed by atoms with E-state index < -0.39 is 29.8 Å². The second-order valence-corrected chi connectivity index (χ2v) is 6.37. The van der Waals surface area contributed by atoms with Crippen molar-refractivity contribution >= 4 is 29.2 Å². The second-order valence-electron chi connectivity index (χ2n) is 6.37. The van der Waals surface area contributed by atoms with Gasteiger partial charge in [-0.1, -0.05) is 47.1 Å². The van der Waals surface area contributed by atoms with Gasteiger partial charge < -0.3 is 9.57 Å². The van der Waals surface area contributed by atoms with Crippen molar-refractivity contribution in [1.29, 1.82) is 0 Å². The first-order chi connectivity index (χ1) is 13.0. The number of rotatable bonds is 3. The molecular weight excluding hydrogens is 348 g/mol. The molecule has 7 heteroatoms. The summed E-state index contributed by atoms with van der Waals surface area (Å²) in [5, 5.41) is 3.98. The smallest absolute Gasteiger partial charge is 0.339 e. The number of fused-ring (bicyclic) bond motifs is 1. The molecule has 7 nitrogen and oxygen atoms in total. The lowest BCUT2D eigenvalue weighted by Crippen LogP contribution is -2.34. The number of nitrogens with zero attached hydrogens (tertiary/aromatic N) is 2. The molecule has 2 atom stereocenters. The van der Waals surface area contributed by atoms with Gasteiger partial charge in [0.05, 0.1) is 18.4 Å². The number of carbonyl (C=O) groups excluding carboxylic acids is 3. The quantitative estimate of drug-likeness (QED) is 0.615. The molecule has 0 unspecified atom stereocenters. The summed E-state index contributed by atoms with van der Waals surface area (Å²) in [7, 11) is 1.24. The van der Waals surface area contributed by atoms with Gasteiger partial charge in [0.25, 0.3) is 5.91 Å². The van der Waals surface area contributed by atoms with Gasteiger partial charge in [0.2, 0.25) is 12.0 Å². The Morgan fingerprint density at radius 1 is 1.07 bits per heavy atom. The number of benzene rings is 2. The number of para-hydroxylation sites is 1. The maximum absolute atomic E-state index is 13.1. The Bertz CT molecular complexity index is 980. The van der Waals surface area contributed by atoms with Crippen molar-refractivity contribution in [1.82, 2.24) is 0 Å². The van der Waals surface area contributed by atoms with Crippen LogP contribution in [0.4, 0.5) is 5.69 Å². The normalized spacial score (nSPS) is 21.0. The van der Waals surface area contributed by atoms with E-state index in [1.807, 2.05) is 31.2 Å². The summed E-state index contributed by atoms with van der Waals surface area (Å²) >= 11 is 0. The zero-order valence-electron chi connectivity index (χ0n) is 14.7. The average Bonchev–Trinajstić information content (AvgIpc) is 3.22. The minimum Gasteiger partial charge on any atom is -0.465 e. The monoisotopic (exact) mass is 364 g/mol. The summed E-state index contributed by atoms with van der Waals surface area (Å²) < 4.78 is 4.76. The molecule has 2 amide bonds. The summed E-state index contributed by atoms with van der Waals surface area (Å²) in [4.78, 5) is 44.3. The number of anilines is 1. The van der Waals surface area contributed by atoms with Crippen LogP contribution in [0.5, 0.6) is 0 Å². The summed E-state index contributed by atoms with van der Waals surface area (Å²) in [6.45, 7) is 1.95. The van der Waals surface area contributed by atoms with Crippen LogP contribution in [0.1, 0.15) is 21.5 Å². The van der Waals surface area contributed by atoms with E-state index in [-0.39, 0.29) is 11.3 Å². The molecule has 2 aromatic carbocycles. The van der Waals surface area contributed by atoms with E-state index in [9.17, 15) is 14.4 Å². The zero-order chi connectivity index (χ0) is 19.1. The zero-order valence-corrected chi connectivity index (χ0v) is 14.7. The topological polar surface area (TPSA) is 85.3 Å². The Balaban J connectivity index is 1.73. The first-order valence-corrected chi connectivity index (χ1v) is 8.39. The maximum atomic E-state index is 13.1. The van der Waals surface area contributed by atoms with E-state index >= 15 is 0 Å². The number of imide groups is 1. The lowest BCUT2D eigenvalue weighted by molar-refractivity contribution is -0.126. The number of esters is 1. The van der Waals surface area contributed by atoms with Crippen molar-refractivity contribution in [3.8, 4) is 0 Å². The number of hydrogen-bond donors (Lipinski definition) is 0. The number of oxime groups is 1. The standard InChI is InChI=1S/C20H16N2O5/c1-11-7-9-12(10-8-11)16-15-17(27-21-16)19(24)22(18(15)23)14-6-4-3-5-13(14)20(25)26-2/h3-10,15,17H,1-2H3/t15-,17+/m1/s1. The van der Waals surface area contributed by atoms with E-state index in [0.29, 0.717) is 5.71 Å². The minimum absolute atomic E-state index is 0.135. The summed E-state index contributed by atoms with van der Waals surface area (Å²) in [6, 6.07) is 13.8. The molecule has 0 N–H and O–H groups in total. The van der Waals surface area contributed by atoms with Crippen molar-refractivity contribution in [3.63, 3.8) is 0 Å². The highest BCUT2D eigenvalue weighted by Gasteiger charge is 2.56. The SMILES string of the molecule is COC(=O)c1ccccc1N1C(=O)[C@@H]2C(c3ccc(C)cc3)=NO[C@@H]2C1=O. The predicted octanol–water partition coefficient (Wildman–Crippen LogP) is 2.07. The molecule has 2 aliphatic rings. The van der Waals surface area contributed by atoms with Gasteiger partial charge in [0.15, 0.2) is 0 Å². The fourth-order valence-electron chi connectivity index (χ4n) is 3.33. The third-order valence-electron chi connectivity index (χ3n) is 4.71.